The fraction of sp³-hybridized carbons (Fsp3) is 0.368. The Labute approximate surface area is 140 Å². The van der Waals surface area contributed by atoms with Crippen molar-refractivity contribution in [2.24, 2.45) is 20.0 Å². The fourth-order valence-electron chi connectivity index (χ4n) is 3.14. The van der Waals surface area contributed by atoms with Gasteiger partial charge in [0.15, 0.2) is 0 Å². The smallest absolute Gasteiger partial charge is 0.274 e. The molecule has 0 fully saturated rings. The van der Waals surface area contributed by atoms with Crippen molar-refractivity contribution in [1.29, 1.82) is 0 Å². The van der Waals surface area contributed by atoms with Crippen LogP contribution in [0.25, 0.3) is 21.8 Å². The fourth-order valence-corrected chi connectivity index (χ4v) is 3.14. The van der Waals surface area contributed by atoms with E-state index >= 15 is 0 Å². The molecule has 3 rings (SSSR count). The van der Waals surface area contributed by atoms with E-state index in [1.807, 2.05) is 35.9 Å². The van der Waals surface area contributed by atoms with E-state index in [0.717, 1.165) is 22.7 Å². The summed E-state index contributed by atoms with van der Waals surface area (Å²) in [5, 5.41) is 4.65. The first-order valence-electron chi connectivity index (χ1n) is 8.26. The first-order valence-corrected chi connectivity index (χ1v) is 8.26. The summed E-state index contributed by atoms with van der Waals surface area (Å²) in [6.07, 6.45) is 2.57. The van der Waals surface area contributed by atoms with Crippen LogP contribution < -0.4 is 10.9 Å². The van der Waals surface area contributed by atoms with Gasteiger partial charge in [-0.1, -0.05) is 32.0 Å². The van der Waals surface area contributed by atoms with Gasteiger partial charge in [0.25, 0.3) is 11.5 Å². The Kier molecular flexibility index (Phi) is 4.18. The molecular formula is C19H23N3O2. The molecule has 3 aromatic rings. The Hall–Kier alpha value is -2.56. The highest BCUT2D eigenvalue weighted by atomic mass is 16.2. The molecule has 0 aliphatic rings. The number of pyridine rings is 1. The predicted octanol–water partition coefficient (Wildman–Crippen LogP) is 2.81. The lowest BCUT2D eigenvalue weighted by molar-refractivity contribution is 0.0953. The van der Waals surface area contributed by atoms with Crippen LogP contribution in [0.3, 0.4) is 0 Å². The molecule has 5 heteroatoms. The van der Waals surface area contributed by atoms with Crippen LogP contribution in [-0.2, 0) is 14.1 Å². The van der Waals surface area contributed by atoms with Crippen LogP contribution in [-0.4, -0.2) is 21.6 Å². The number of nitrogens with one attached hydrogen (secondary N) is 1. The Morgan fingerprint density at radius 2 is 1.92 bits per heavy atom. The summed E-state index contributed by atoms with van der Waals surface area (Å²) in [6, 6.07) is 7.80. The standard InChI is InChI=1S/C19H23N3O2/c1-12(2)9-10-20-18(23)14-11-21(3)19(24)17-16(14)13-7-5-6-8-15(13)22(17)4/h5-8,11-12H,9-10H2,1-4H3,(H,20,23). The summed E-state index contributed by atoms with van der Waals surface area (Å²) in [7, 11) is 3.55. The highest BCUT2D eigenvalue weighted by molar-refractivity contribution is 6.17. The van der Waals surface area contributed by atoms with Crippen molar-refractivity contribution in [1.82, 2.24) is 14.5 Å². The van der Waals surface area contributed by atoms with Crippen molar-refractivity contribution in [2.45, 2.75) is 20.3 Å². The number of nitrogens with zero attached hydrogens (tertiary/aromatic N) is 2. The van der Waals surface area contributed by atoms with E-state index in [0.29, 0.717) is 23.5 Å². The van der Waals surface area contributed by atoms with Crippen molar-refractivity contribution in [3.8, 4) is 0 Å². The molecule has 0 saturated heterocycles. The molecule has 2 heterocycles. The Balaban J connectivity index is 2.21. The van der Waals surface area contributed by atoms with Crippen molar-refractivity contribution in [2.75, 3.05) is 6.54 Å². The van der Waals surface area contributed by atoms with E-state index in [-0.39, 0.29) is 11.5 Å². The van der Waals surface area contributed by atoms with E-state index in [4.69, 9.17) is 0 Å². The molecule has 1 N–H and O–H groups in total. The van der Waals surface area contributed by atoms with Gasteiger partial charge in [-0.2, -0.15) is 0 Å². The number of benzene rings is 1. The maximum atomic E-state index is 12.7. The molecule has 0 aliphatic heterocycles. The molecular weight excluding hydrogens is 302 g/mol. The van der Waals surface area contributed by atoms with Gasteiger partial charge in [0, 0.05) is 43.1 Å². The maximum Gasteiger partial charge on any atom is 0.274 e. The first-order chi connectivity index (χ1) is 11.4. The van der Waals surface area contributed by atoms with E-state index in [2.05, 4.69) is 19.2 Å². The Bertz CT molecular complexity index is 980. The Morgan fingerprint density at radius 3 is 2.62 bits per heavy atom. The molecule has 0 bridgehead atoms. The highest BCUT2D eigenvalue weighted by Gasteiger charge is 2.20. The van der Waals surface area contributed by atoms with Crippen LogP contribution in [0, 0.1) is 5.92 Å². The van der Waals surface area contributed by atoms with Gasteiger partial charge in [0.2, 0.25) is 0 Å². The molecule has 0 unspecified atom stereocenters. The molecule has 1 amide bonds. The van der Waals surface area contributed by atoms with Gasteiger partial charge in [0.05, 0.1) is 5.56 Å². The minimum absolute atomic E-state index is 0.0950. The predicted molar refractivity (Wildman–Crippen MR) is 97.5 cm³/mol. The number of aryl methyl sites for hydroxylation is 2. The number of fused-ring (bicyclic) bond motifs is 3. The van der Waals surface area contributed by atoms with Crippen LogP contribution in [0.15, 0.2) is 35.3 Å². The van der Waals surface area contributed by atoms with Gasteiger partial charge in [-0.15, -0.1) is 0 Å². The SMILES string of the molecule is CC(C)CCNC(=O)c1cn(C)c(=O)c2c1c1ccccc1n2C. The minimum atomic E-state index is -0.132. The normalized spacial score (nSPS) is 11.5. The number of carbonyl (C=O) groups excluding carboxylic acids is 1. The second-order valence-electron chi connectivity index (χ2n) is 6.70. The van der Waals surface area contributed by atoms with Gasteiger partial charge in [-0.3, -0.25) is 9.59 Å². The minimum Gasteiger partial charge on any atom is -0.352 e. The first kappa shape index (κ1) is 16.3. The summed E-state index contributed by atoms with van der Waals surface area (Å²) in [6.45, 7) is 4.88. The van der Waals surface area contributed by atoms with Crippen molar-refractivity contribution in [3.05, 3.63) is 46.4 Å². The van der Waals surface area contributed by atoms with Crippen molar-refractivity contribution >= 4 is 27.7 Å². The third-order valence-corrected chi connectivity index (χ3v) is 4.47. The summed E-state index contributed by atoms with van der Waals surface area (Å²) < 4.78 is 3.36. The van der Waals surface area contributed by atoms with E-state index in [1.54, 1.807) is 13.2 Å². The maximum absolute atomic E-state index is 12.7. The monoisotopic (exact) mass is 325 g/mol. The number of hydrogen-bond donors (Lipinski definition) is 1. The van der Waals surface area contributed by atoms with Crippen LogP contribution in [0.5, 0.6) is 0 Å². The third kappa shape index (κ3) is 2.60. The van der Waals surface area contributed by atoms with Gasteiger partial charge >= 0.3 is 0 Å². The van der Waals surface area contributed by atoms with Crippen LogP contribution in [0.1, 0.15) is 30.6 Å². The van der Waals surface area contributed by atoms with E-state index < -0.39 is 0 Å². The summed E-state index contributed by atoms with van der Waals surface area (Å²) in [5.41, 5.74) is 1.97. The van der Waals surface area contributed by atoms with Crippen molar-refractivity contribution < 1.29 is 4.79 Å². The average Bonchev–Trinajstić information content (AvgIpc) is 2.84. The molecule has 5 nitrogen and oxygen atoms in total. The number of rotatable bonds is 4. The lowest BCUT2D eigenvalue weighted by atomic mass is 10.1. The molecule has 0 radical (unpaired) electrons. The topological polar surface area (TPSA) is 56.0 Å². The molecule has 1 aromatic carbocycles. The second kappa shape index (κ2) is 6.15. The highest BCUT2D eigenvalue weighted by Crippen LogP contribution is 2.28. The number of para-hydroxylation sites is 1. The zero-order chi connectivity index (χ0) is 17.4. The number of hydrogen-bond acceptors (Lipinski definition) is 2. The average molecular weight is 325 g/mol. The van der Waals surface area contributed by atoms with Gasteiger partial charge in [0.1, 0.15) is 5.52 Å². The van der Waals surface area contributed by atoms with Crippen LogP contribution in [0.2, 0.25) is 0 Å². The zero-order valence-corrected chi connectivity index (χ0v) is 14.6. The molecule has 0 saturated carbocycles. The largest absolute Gasteiger partial charge is 0.352 e. The number of aromatic nitrogens is 2. The van der Waals surface area contributed by atoms with E-state index in [9.17, 15) is 9.59 Å². The van der Waals surface area contributed by atoms with Gasteiger partial charge in [-0.05, 0) is 18.4 Å². The summed E-state index contributed by atoms with van der Waals surface area (Å²) in [5.74, 6) is 0.399. The van der Waals surface area contributed by atoms with Gasteiger partial charge < -0.3 is 14.5 Å². The van der Waals surface area contributed by atoms with Gasteiger partial charge in [-0.25, -0.2) is 0 Å². The molecule has 24 heavy (non-hydrogen) atoms. The zero-order valence-electron chi connectivity index (χ0n) is 14.6. The summed E-state index contributed by atoms with van der Waals surface area (Å²) >= 11 is 0. The molecule has 126 valence electrons. The molecule has 2 aromatic heterocycles. The summed E-state index contributed by atoms with van der Waals surface area (Å²) in [4.78, 5) is 25.3. The van der Waals surface area contributed by atoms with Crippen LogP contribution >= 0.6 is 0 Å². The van der Waals surface area contributed by atoms with Crippen LogP contribution in [0.4, 0.5) is 0 Å². The second-order valence-corrected chi connectivity index (χ2v) is 6.70. The number of amides is 1. The van der Waals surface area contributed by atoms with Crippen molar-refractivity contribution in [3.63, 3.8) is 0 Å². The molecule has 0 atom stereocenters. The number of carbonyl (C=O) groups is 1. The third-order valence-electron chi connectivity index (χ3n) is 4.47. The lowest BCUT2D eigenvalue weighted by Crippen LogP contribution is -2.28. The lowest BCUT2D eigenvalue weighted by Gasteiger charge is -2.10. The Morgan fingerprint density at radius 1 is 1.21 bits per heavy atom. The molecule has 0 aliphatic carbocycles. The molecule has 0 spiro atoms. The van der Waals surface area contributed by atoms with E-state index in [1.165, 1.54) is 4.57 Å². The quantitative estimate of drug-likeness (QED) is 0.802.